The Morgan fingerprint density at radius 3 is 2.64 bits per heavy atom. The van der Waals surface area contributed by atoms with Gasteiger partial charge in [-0.25, -0.2) is 15.0 Å². The average molecular weight is 379 g/mol. The largest absolute Gasteiger partial charge is 0.497 e. The molecule has 3 heterocycles. The molecule has 2 aromatic heterocycles. The summed E-state index contributed by atoms with van der Waals surface area (Å²) in [5, 5.41) is 3.33. The third-order valence-electron chi connectivity index (χ3n) is 4.32. The van der Waals surface area contributed by atoms with Crippen LogP contribution in [0.1, 0.15) is 0 Å². The molecular weight excluding hydrogens is 358 g/mol. The number of nitrogens with one attached hydrogen (secondary N) is 1. The van der Waals surface area contributed by atoms with E-state index in [0.717, 1.165) is 30.1 Å². The zero-order valence-electron chi connectivity index (χ0n) is 15.5. The fourth-order valence-corrected chi connectivity index (χ4v) is 2.87. The molecule has 0 aliphatic carbocycles. The lowest BCUT2D eigenvalue weighted by Gasteiger charge is -2.27. The molecule has 144 valence electrons. The van der Waals surface area contributed by atoms with Crippen molar-refractivity contribution in [1.29, 1.82) is 0 Å². The molecular formula is C19H21N7O2. The van der Waals surface area contributed by atoms with Crippen LogP contribution in [0.4, 0.5) is 23.4 Å². The quantitative estimate of drug-likeness (QED) is 0.688. The van der Waals surface area contributed by atoms with Gasteiger partial charge in [0, 0.05) is 48.9 Å². The Morgan fingerprint density at radius 2 is 1.89 bits per heavy atom. The summed E-state index contributed by atoms with van der Waals surface area (Å²) in [6, 6.07) is 9.52. The number of anilines is 4. The monoisotopic (exact) mass is 379 g/mol. The van der Waals surface area contributed by atoms with E-state index in [4.69, 9.17) is 25.2 Å². The van der Waals surface area contributed by atoms with Crippen molar-refractivity contribution in [2.24, 2.45) is 0 Å². The molecule has 4 rings (SSSR count). The second kappa shape index (κ2) is 8.05. The maximum Gasteiger partial charge on any atom is 0.228 e. The van der Waals surface area contributed by atoms with Crippen LogP contribution in [0.3, 0.4) is 0 Å². The van der Waals surface area contributed by atoms with Gasteiger partial charge in [0.1, 0.15) is 11.6 Å². The molecule has 0 radical (unpaired) electrons. The Bertz CT molecular complexity index is 943. The first-order chi connectivity index (χ1) is 13.7. The maximum absolute atomic E-state index is 5.61. The molecule has 3 aromatic rings. The summed E-state index contributed by atoms with van der Waals surface area (Å²) in [6.07, 6.45) is 3.31. The maximum atomic E-state index is 5.61. The first kappa shape index (κ1) is 17.9. The molecule has 0 amide bonds. The molecule has 0 unspecified atom stereocenters. The summed E-state index contributed by atoms with van der Waals surface area (Å²) in [5.41, 5.74) is 7.95. The summed E-state index contributed by atoms with van der Waals surface area (Å²) >= 11 is 0. The predicted octanol–water partition coefficient (Wildman–Crippen LogP) is 2.10. The van der Waals surface area contributed by atoms with E-state index in [1.807, 2.05) is 30.3 Å². The third-order valence-corrected chi connectivity index (χ3v) is 4.32. The molecule has 9 heteroatoms. The summed E-state index contributed by atoms with van der Waals surface area (Å²) in [4.78, 5) is 19.6. The number of nitrogens with two attached hydrogens (primary N) is 1. The summed E-state index contributed by atoms with van der Waals surface area (Å²) in [7, 11) is 1.64. The number of nitrogen functional groups attached to an aromatic ring is 1. The number of methoxy groups -OCH3 is 1. The highest BCUT2D eigenvalue weighted by molar-refractivity contribution is 5.67. The standard InChI is InChI=1S/C19H21N7O2/c1-27-15-4-2-3-14(9-15)23-17-10-16(13-11-21-18(20)22-12-13)24-19(25-17)26-5-7-28-8-6-26/h2-4,9-12H,5-8H2,1H3,(H2,20,21,22)(H,23,24,25). The van der Waals surface area contributed by atoms with E-state index in [0.29, 0.717) is 30.7 Å². The van der Waals surface area contributed by atoms with E-state index in [1.165, 1.54) is 0 Å². The zero-order chi connectivity index (χ0) is 19.3. The number of aromatic nitrogens is 4. The van der Waals surface area contributed by atoms with E-state index >= 15 is 0 Å². The van der Waals surface area contributed by atoms with Crippen molar-refractivity contribution >= 4 is 23.4 Å². The van der Waals surface area contributed by atoms with E-state index < -0.39 is 0 Å². The van der Waals surface area contributed by atoms with Crippen molar-refractivity contribution in [1.82, 2.24) is 19.9 Å². The number of hydrogen-bond acceptors (Lipinski definition) is 9. The smallest absolute Gasteiger partial charge is 0.228 e. The van der Waals surface area contributed by atoms with Crippen LogP contribution in [-0.4, -0.2) is 53.3 Å². The second-order valence-electron chi connectivity index (χ2n) is 6.22. The van der Waals surface area contributed by atoms with Crippen molar-refractivity contribution in [2.75, 3.05) is 49.4 Å². The van der Waals surface area contributed by atoms with Crippen LogP contribution in [0.5, 0.6) is 5.75 Å². The van der Waals surface area contributed by atoms with Crippen molar-refractivity contribution in [3.8, 4) is 17.0 Å². The van der Waals surface area contributed by atoms with Crippen molar-refractivity contribution < 1.29 is 9.47 Å². The zero-order valence-corrected chi connectivity index (χ0v) is 15.5. The van der Waals surface area contributed by atoms with Crippen LogP contribution < -0.4 is 20.7 Å². The van der Waals surface area contributed by atoms with Gasteiger partial charge in [0.2, 0.25) is 11.9 Å². The molecule has 28 heavy (non-hydrogen) atoms. The molecule has 3 N–H and O–H groups in total. The van der Waals surface area contributed by atoms with Crippen LogP contribution in [0.25, 0.3) is 11.3 Å². The van der Waals surface area contributed by atoms with Gasteiger partial charge < -0.3 is 25.4 Å². The van der Waals surface area contributed by atoms with Gasteiger partial charge in [0.15, 0.2) is 0 Å². The van der Waals surface area contributed by atoms with E-state index in [-0.39, 0.29) is 5.95 Å². The minimum atomic E-state index is 0.223. The van der Waals surface area contributed by atoms with Gasteiger partial charge in [0.05, 0.1) is 26.0 Å². The van der Waals surface area contributed by atoms with Crippen LogP contribution in [0, 0.1) is 0 Å². The third kappa shape index (κ3) is 4.09. The van der Waals surface area contributed by atoms with Crippen LogP contribution in [0.15, 0.2) is 42.7 Å². The fourth-order valence-electron chi connectivity index (χ4n) is 2.87. The average Bonchev–Trinajstić information content (AvgIpc) is 2.75. The number of rotatable bonds is 5. The van der Waals surface area contributed by atoms with Gasteiger partial charge in [-0.15, -0.1) is 0 Å². The molecule has 1 aliphatic heterocycles. The summed E-state index contributed by atoms with van der Waals surface area (Å²) in [6.45, 7) is 2.77. The normalized spacial score (nSPS) is 14.0. The van der Waals surface area contributed by atoms with Crippen LogP contribution in [0.2, 0.25) is 0 Å². The van der Waals surface area contributed by atoms with Gasteiger partial charge in [-0.05, 0) is 12.1 Å². The highest BCUT2D eigenvalue weighted by Gasteiger charge is 2.17. The summed E-state index contributed by atoms with van der Waals surface area (Å²) < 4.78 is 10.7. The minimum Gasteiger partial charge on any atom is -0.497 e. The second-order valence-corrected chi connectivity index (χ2v) is 6.22. The number of hydrogen-bond donors (Lipinski definition) is 2. The minimum absolute atomic E-state index is 0.223. The first-order valence-corrected chi connectivity index (χ1v) is 8.92. The Hall–Kier alpha value is -3.46. The molecule has 1 aliphatic rings. The van der Waals surface area contributed by atoms with Gasteiger partial charge in [0.25, 0.3) is 0 Å². The number of ether oxygens (including phenoxy) is 2. The lowest BCUT2D eigenvalue weighted by atomic mass is 10.2. The molecule has 1 aromatic carbocycles. The van der Waals surface area contributed by atoms with Gasteiger partial charge in [-0.3, -0.25) is 0 Å². The molecule has 9 nitrogen and oxygen atoms in total. The predicted molar refractivity (Wildman–Crippen MR) is 107 cm³/mol. The van der Waals surface area contributed by atoms with Crippen molar-refractivity contribution in [3.05, 3.63) is 42.7 Å². The Balaban J connectivity index is 1.71. The van der Waals surface area contributed by atoms with E-state index in [1.54, 1.807) is 19.5 Å². The van der Waals surface area contributed by atoms with Crippen molar-refractivity contribution in [2.45, 2.75) is 0 Å². The molecule has 0 atom stereocenters. The Kier molecular flexibility index (Phi) is 5.16. The van der Waals surface area contributed by atoms with Gasteiger partial charge in [-0.1, -0.05) is 6.07 Å². The van der Waals surface area contributed by atoms with Crippen LogP contribution in [-0.2, 0) is 4.74 Å². The van der Waals surface area contributed by atoms with E-state index in [2.05, 4.69) is 20.2 Å². The molecule has 0 spiro atoms. The summed E-state index contributed by atoms with van der Waals surface area (Å²) in [5.74, 6) is 2.28. The SMILES string of the molecule is COc1cccc(Nc2cc(-c3cnc(N)nc3)nc(N3CCOCC3)n2)c1. The molecule has 0 saturated carbocycles. The number of nitrogens with zero attached hydrogens (tertiary/aromatic N) is 5. The Labute approximate surface area is 162 Å². The lowest BCUT2D eigenvalue weighted by Crippen LogP contribution is -2.37. The van der Waals surface area contributed by atoms with Gasteiger partial charge >= 0.3 is 0 Å². The molecule has 0 bridgehead atoms. The highest BCUT2D eigenvalue weighted by Crippen LogP contribution is 2.26. The topological polar surface area (TPSA) is 111 Å². The number of morpholine rings is 1. The molecule has 1 fully saturated rings. The van der Waals surface area contributed by atoms with Crippen molar-refractivity contribution in [3.63, 3.8) is 0 Å². The Morgan fingerprint density at radius 1 is 1.11 bits per heavy atom. The number of benzene rings is 1. The van der Waals surface area contributed by atoms with E-state index in [9.17, 15) is 0 Å². The fraction of sp³-hybridized carbons (Fsp3) is 0.263. The van der Waals surface area contributed by atoms with Gasteiger partial charge in [-0.2, -0.15) is 4.98 Å². The first-order valence-electron chi connectivity index (χ1n) is 8.92. The van der Waals surface area contributed by atoms with Crippen LogP contribution >= 0.6 is 0 Å². The lowest BCUT2D eigenvalue weighted by molar-refractivity contribution is 0.122. The molecule has 1 saturated heterocycles. The highest BCUT2D eigenvalue weighted by atomic mass is 16.5.